The van der Waals surface area contributed by atoms with Crippen LogP contribution in [0.2, 0.25) is 5.02 Å². The van der Waals surface area contributed by atoms with Crippen LogP contribution in [0.3, 0.4) is 0 Å². The van der Waals surface area contributed by atoms with Crippen LogP contribution in [-0.4, -0.2) is 34.2 Å². The normalized spacial score (nSPS) is 14.5. The van der Waals surface area contributed by atoms with E-state index in [4.69, 9.17) is 20.9 Å². The van der Waals surface area contributed by atoms with Gasteiger partial charge in [-0.3, -0.25) is 4.79 Å². The number of rotatable bonds is 1. The summed E-state index contributed by atoms with van der Waals surface area (Å²) in [5.41, 5.74) is 0.726. The summed E-state index contributed by atoms with van der Waals surface area (Å²) in [4.78, 5) is 26.1. The molecule has 0 N–H and O–H groups in total. The van der Waals surface area contributed by atoms with Crippen LogP contribution >= 0.6 is 11.6 Å². The molecule has 126 valence electrons. The molecular weight excluding hydrogens is 332 g/mol. The summed E-state index contributed by atoms with van der Waals surface area (Å²) < 4.78 is 10.6. The molecular formula is C17H17ClN2O4. The van der Waals surface area contributed by atoms with Crippen LogP contribution in [0, 0.1) is 0 Å². The third-order valence-electron chi connectivity index (χ3n) is 3.52. The van der Waals surface area contributed by atoms with Gasteiger partial charge in [0.15, 0.2) is 5.76 Å². The quantitative estimate of drug-likeness (QED) is 0.780. The summed E-state index contributed by atoms with van der Waals surface area (Å²) in [6.45, 7) is 5.46. The molecule has 2 heterocycles. The van der Waals surface area contributed by atoms with Crippen molar-refractivity contribution < 1.29 is 18.8 Å². The van der Waals surface area contributed by atoms with Crippen LogP contribution in [0.1, 0.15) is 36.9 Å². The first-order chi connectivity index (χ1) is 11.3. The van der Waals surface area contributed by atoms with Crippen LogP contribution in [0.4, 0.5) is 4.79 Å². The number of aromatic nitrogens is 1. The zero-order valence-electron chi connectivity index (χ0n) is 13.6. The van der Waals surface area contributed by atoms with Gasteiger partial charge in [-0.1, -0.05) is 28.9 Å². The highest BCUT2D eigenvalue weighted by molar-refractivity contribution is 6.30. The number of ether oxygens (including phenoxy) is 1. The Morgan fingerprint density at radius 3 is 2.58 bits per heavy atom. The van der Waals surface area contributed by atoms with E-state index in [2.05, 4.69) is 5.16 Å². The van der Waals surface area contributed by atoms with Gasteiger partial charge in [0.25, 0.3) is 5.91 Å². The third kappa shape index (κ3) is 3.14. The number of halogens is 1. The van der Waals surface area contributed by atoms with Crippen LogP contribution in [0.15, 0.2) is 28.8 Å². The van der Waals surface area contributed by atoms with Crippen LogP contribution < -0.4 is 0 Å². The average Bonchev–Trinajstić information content (AvgIpc) is 2.91. The highest BCUT2D eigenvalue weighted by Gasteiger charge is 2.37. The number of fused-ring (bicyclic) bond motifs is 1. The molecule has 1 aliphatic rings. The van der Waals surface area contributed by atoms with Crippen LogP contribution in [-0.2, 0) is 11.2 Å². The van der Waals surface area contributed by atoms with E-state index in [-0.39, 0.29) is 6.54 Å². The van der Waals surface area contributed by atoms with E-state index < -0.39 is 17.6 Å². The van der Waals surface area contributed by atoms with Gasteiger partial charge in [-0.2, -0.15) is 0 Å². The van der Waals surface area contributed by atoms with Crippen molar-refractivity contribution >= 4 is 23.6 Å². The van der Waals surface area contributed by atoms with E-state index >= 15 is 0 Å². The Morgan fingerprint density at radius 2 is 1.96 bits per heavy atom. The number of imide groups is 1. The molecule has 6 nitrogen and oxygen atoms in total. The van der Waals surface area contributed by atoms with Crippen molar-refractivity contribution in [2.24, 2.45) is 0 Å². The van der Waals surface area contributed by atoms with Gasteiger partial charge >= 0.3 is 6.09 Å². The molecule has 2 aromatic rings. The second kappa shape index (κ2) is 5.94. The van der Waals surface area contributed by atoms with Crippen molar-refractivity contribution in [1.82, 2.24) is 10.1 Å². The highest BCUT2D eigenvalue weighted by atomic mass is 35.5. The first kappa shape index (κ1) is 16.5. The second-order valence-electron chi connectivity index (χ2n) is 6.52. The summed E-state index contributed by atoms with van der Waals surface area (Å²) in [6.07, 6.45) is -0.262. The summed E-state index contributed by atoms with van der Waals surface area (Å²) in [5, 5.41) is 4.58. The molecule has 1 aromatic carbocycles. The van der Waals surface area contributed by atoms with Crippen molar-refractivity contribution in [3.8, 4) is 11.3 Å². The van der Waals surface area contributed by atoms with Crippen molar-refractivity contribution in [2.75, 3.05) is 6.54 Å². The van der Waals surface area contributed by atoms with E-state index in [0.717, 1.165) is 4.90 Å². The average molecular weight is 349 g/mol. The van der Waals surface area contributed by atoms with Crippen LogP contribution in [0.5, 0.6) is 0 Å². The van der Waals surface area contributed by atoms with Crippen molar-refractivity contribution in [3.63, 3.8) is 0 Å². The number of hydrogen-bond donors (Lipinski definition) is 0. The molecule has 0 bridgehead atoms. The lowest BCUT2D eigenvalue weighted by molar-refractivity contribution is 0.0229. The highest BCUT2D eigenvalue weighted by Crippen LogP contribution is 2.31. The molecule has 0 aliphatic carbocycles. The molecule has 3 rings (SSSR count). The van der Waals surface area contributed by atoms with E-state index in [1.54, 1.807) is 45.0 Å². The Labute approximate surface area is 144 Å². The molecule has 0 radical (unpaired) electrons. The van der Waals surface area contributed by atoms with Gasteiger partial charge in [-0.05, 0) is 32.9 Å². The molecule has 1 aromatic heterocycles. The zero-order valence-corrected chi connectivity index (χ0v) is 14.4. The fourth-order valence-electron chi connectivity index (χ4n) is 2.46. The lowest BCUT2D eigenvalue weighted by atomic mass is 10.0. The van der Waals surface area contributed by atoms with Gasteiger partial charge in [0.1, 0.15) is 16.9 Å². The lowest BCUT2D eigenvalue weighted by Gasteiger charge is -2.28. The Kier molecular flexibility index (Phi) is 4.09. The molecule has 0 saturated carbocycles. The van der Waals surface area contributed by atoms with Gasteiger partial charge in [0, 0.05) is 23.6 Å². The lowest BCUT2D eigenvalue weighted by Crippen LogP contribution is -2.44. The van der Waals surface area contributed by atoms with Gasteiger partial charge in [0.05, 0.1) is 0 Å². The smallest absolute Gasteiger partial charge is 0.417 e. The second-order valence-corrected chi connectivity index (χ2v) is 6.96. The van der Waals surface area contributed by atoms with Gasteiger partial charge in [-0.15, -0.1) is 0 Å². The SMILES string of the molecule is CC(C)(C)OC(=O)N1CCc2onc(-c3ccc(Cl)cc3)c2C1=O. The molecule has 7 heteroatoms. The molecule has 0 fully saturated rings. The summed E-state index contributed by atoms with van der Waals surface area (Å²) in [6, 6.07) is 6.91. The van der Waals surface area contributed by atoms with E-state index in [9.17, 15) is 9.59 Å². The standard InChI is InChI=1S/C17H17ClN2O4/c1-17(2,3)23-16(22)20-9-8-12-13(15(20)21)14(19-24-12)10-4-6-11(18)7-5-10/h4-7H,8-9H2,1-3H3. The summed E-state index contributed by atoms with van der Waals surface area (Å²) in [5.74, 6) is 0.0152. The van der Waals surface area contributed by atoms with Crippen LogP contribution in [0.25, 0.3) is 11.3 Å². The third-order valence-corrected chi connectivity index (χ3v) is 3.77. The zero-order chi connectivity index (χ0) is 17.5. The molecule has 0 saturated heterocycles. The number of carbonyl (C=O) groups is 2. The maximum absolute atomic E-state index is 12.8. The fourth-order valence-corrected chi connectivity index (χ4v) is 2.59. The molecule has 1 aliphatic heterocycles. The summed E-state index contributed by atoms with van der Waals surface area (Å²) in [7, 11) is 0. The maximum Gasteiger partial charge on any atom is 0.417 e. The van der Waals surface area contributed by atoms with Crippen molar-refractivity contribution in [3.05, 3.63) is 40.6 Å². The summed E-state index contributed by atoms with van der Waals surface area (Å²) >= 11 is 5.89. The monoisotopic (exact) mass is 348 g/mol. The van der Waals surface area contributed by atoms with E-state index in [1.165, 1.54) is 0 Å². The largest absolute Gasteiger partial charge is 0.443 e. The maximum atomic E-state index is 12.8. The Morgan fingerprint density at radius 1 is 1.29 bits per heavy atom. The first-order valence-electron chi connectivity index (χ1n) is 7.55. The topological polar surface area (TPSA) is 72.6 Å². The molecule has 2 amide bonds. The van der Waals surface area contributed by atoms with Gasteiger partial charge in [-0.25, -0.2) is 9.69 Å². The minimum Gasteiger partial charge on any atom is -0.443 e. The molecule has 0 unspecified atom stereocenters. The predicted molar refractivity (Wildman–Crippen MR) is 87.9 cm³/mol. The van der Waals surface area contributed by atoms with E-state index in [0.29, 0.717) is 34.0 Å². The van der Waals surface area contributed by atoms with E-state index in [1.807, 2.05) is 0 Å². The number of carbonyl (C=O) groups excluding carboxylic acids is 2. The Bertz CT molecular complexity index is 790. The first-order valence-corrected chi connectivity index (χ1v) is 7.93. The Balaban J connectivity index is 1.94. The number of hydrogen-bond acceptors (Lipinski definition) is 5. The molecule has 0 spiro atoms. The van der Waals surface area contributed by atoms with Gasteiger partial charge < -0.3 is 9.26 Å². The minimum atomic E-state index is -0.675. The minimum absolute atomic E-state index is 0.204. The van der Waals surface area contributed by atoms with Gasteiger partial charge in [0.2, 0.25) is 0 Å². The number of amides is 2. The predicted octanol–water partition coefficient (Wildman–Crippen LogP) is 3.93. The van der Waals surface area contributed by atoms with Crippen molar-refractivity contribution in [2.45, 2.75) is 32.8 Å². The number of benzene rings is 1. The molecule has 0 atom stereocenters. The fraction of sp³-hybridized carbons (Fsp3) is 0.353. The number of nitrogens with zero attached hydrogens (tertiary/aromatic N) is 2. The van der Waals surface area contributed by atoms with Crippen molar-refractivity contribution in [1.29, 1.82) is 0 Å². The Hall–Kier alpha value is -2.34. The molecule has 24 heavy (non-hydrogen) atoms.